The minimum absolute atomic E-state index is 0.0182. The molecule has 0 aliphatic carbocycles. The van der Waals surface area contributed by atoms with Crippen LogP contribution in [0.3, 0.4) is 0 Å². The third-order valence-electron chi connectivity index (χ3n) is 5.30. The van der Waals surface area contributed by atoms with E-state index >= 15 is 0 Å². The van der Waals surface area contributed by atoms with Crippen LogP contribution in [0.1, 0.15) is 77.7 Å². The van der Waals surface area contributed by atoms with Crippen molar-refractivity contribution in [3.8, 4) is 11.5 Å². The summed E-state index contributed by atoms with van der Waals surface area (Å²) in [6.45, 7) is 13.7. The number of aryl methyl sites for hydroxylation is 2. The van der Waals surface area contributed by atoms with Gasteiger partial charge >= 0.3 is 0 Å². The highest BCUT2D eigenvalue weighted by molar-refractivity contribution is 6.12. The van der Waals surface area contributed by atoms with Gasteiger partial charge in [0.05, 0.1) is 18.8 Å². The molecule has 0 aliphatic heterocycles. The highest BCUT2D eigenvalue weighted by atomic mass is 16.5. The molecule has 0 amide bonds. The molecule has 0 aliphatic rings. The van der Waals surface area contributed by atoms with Gasteiger partial charge in [-0.25, -0.2) is 0 Å². The Morgan fingerprint density at radius 2 is 1.46 bits per heavy atom. The Balaban J connectivity index is 2.42. The topological polar surface area (TPSA) is 35.5 Å². The van der Waals surface area contributed by atoms with Crippen LogP contribution in [-0.2, 0) is 0 Å². The molecule has 0 spiro atoms. The third-order valence-corrected chi connectivity index (χ3v) is 5.30. The second kappa shape index (κ2) is 10.3. The molecule has 0 unspecified atom stereocenters. The van der Waals surface area contributed by atoms with Crippen molar-refractivity contribution in [2.75, 3.05) is 13.2 Å². The quantitative estimate of drug-likeness (QED) is 0.347. The Morgan fingerprint density at radius 1 is 0.821 bits per heavy atom. The molecule has 0 saturated heterocycles. The molecule has 0 atom stereocenters. The minimum Gasteiger partial charge on any atom is -0.493 e. The van der Waals surface area contributed by atoms with Crippen LogP contribution in [0.25, 0.3) is 0 Å². The van der Waals surface area contributed by atoms with Crippen molar-refractivity contribution in [3.63, 3.8) is 0 Å². The summed E-state index contributed by atoms with van der Waals surface area (Å²) in [4.78, 5) is 13.5. The van der Waals surface area contributed by atoms with Crippen molar-refractivity contribution in [1.82, 2.24) is 0 Å². The lowest BCUT2D eigenvalue weighted by Crippen LogP contribution is -2.11. The maximum absolute atomic E-state index is 13.5. The molecule has 152 valence electrons. The van der Waals surface area contributed by atoms with E-state index in [1.54, 1.807) is 0 Å². The molecule has 2 aromatic carbocycles. The number of ether oxygens (including phenoxy) is 2. The van der Waals surface area contributed by atoms with Crippen molar-refractivity contribution in [2.24, 2.45) is 0 Å². The molecule has 2 rings (SSSR count). The van der Waals surface area contributed by atoms with E-state index < -0.39 is 0 Å². The summed E-state index contributed by atoms with van der Waals surface area (Å²) in [6, 6.07) is 7.68. The SMILES string of the molecule is CCCCOc1ccc(C(=O)c2c(C)cc(C)c(C)c2C)c(OCCCC)c1. The number of rotatable bonds is 10. The molecule has 0 N–H and O–H groups in total. The Kier molecular flexibility index (Phi) is 8.10. The van der Waals surface area contributed by atoms with E-state index in [0.717, 1.165) is 48.1 Å². The predicted octanol–water partition coefficient (Wildman–Crippen LogP) is 6.51. The molecule has 3 heteroatoms. The fourth-order valence-electron chi connectivity index (χ4n) is 3.33. The fraction of sp³-hybridized carbons (Fsp3) is 0.480. The summed E-state index contributed by atoms with van der Waals surface area (Å²) < 4.78 is 11.8. The Hall–Kier alpha value is -2.29. The number of hydrogen-bond acceptors (Lipinski definition) is 3. The zero-order valence-electron chi connectivity index (χ0n) is 18.3. The van der Waals surface area contributed by atoms with Crippen molar-refractivity contribution in [1.29, 1.82) is 0 Å². The molecule has 28 heavy (non-hydrogen) atoms. The monoisotopic (exact) mass is 382 g/mol. The summed E-state index contributed by atoms with van der Waals surface area (Å²) in [6.07, 6.45) is 4.09. The standard InChI is InChI=1S/C25H34O3/c1-7-9-13-27-21-11-12-22(23(16-21)28-14-10-8-2)25(26)24-18(4)15-17(3)19(5)20(24)6/h11-12,15-16H,7-10,13-14H2,1-6H3. The summed E-state index contributed by atoms with van der Waals surface area (Å²) in [5.74, 6) is 1.39. The highest BCUT2D eigenvalue weighted by Crippen LogP contribution is 2.31. The van der Waals surface area contributed by atoms with Crippen LogP contribution in [0.15, 0.2) is 24.3 Å². The smallest absolute Gasteiger partial charge is 0.197 e. The lowest BCUT2D eigenvalue weighted by atomic mass is 9.89. The maximum atomic E-state index is 13.5. The molecule has 3 nitrogen and oxygen atoms in total. The van der Waals surface area contributed by atoms with Gasteiger partial charge in [0, 0.05) is 11.6 Å². The van der Waals surface area contributed by atoms with Crippen molar-refractivity contribution >= 4 is 5.78 Å². The summed E-state index contributed by atoms with van der Waals surface area (Å²) in [7, 11) is 0. The predicted molar refractivity (Wildman–Crippen MR) is 116 cm³/mol. The van der Waals surface area contributed by atoms with Crippen LogP contribution in [0.5, 0.6) is 11.5 Å². The van der Waals surface area contributed by atoms with E-state index in [2.05, 4.69) is 33.8 Å². The van der Waals surface area contributed by atoms with Crippen LogP contribution in [0.2, 0.25) is 0 Å². The van der Waals surface area contributed by atoms with E-state index in [4.69, 9.17) is 9.47 Å². The molecule has 0 radical (unpaired) electrons. The van der Waals surface area contributed by atoms with Crippen molar-refractivity contribution in [2.45, 2.75) is 67.2 Å². The highest BCUT2D eigenvalue weighted by Gasteiger charge is 2.21. The molecule has 0 saturated carbocycles. The first kappa shape index (κ1) is 22.0. The number of benzene rings is 2. The Bertz CT molecular complexity index is 821. The summed E-state index contributed by atoms with van der Waals surface area (Å²) in [5, 5.41) is 0. The number of hydrogen-bond donors (Lipinski definition) is 0. The van der Waals surface area contributed by atoms with Gasteiger partial charge in [-0.15, -0.1) is 0 Å². The first-order chi connectivity index (χ1) is 13.4. The van der Waals surface area contributed by atoms with Gasteiger partial charge in [0.25, 0.3) is 0 Å². The first-order valence-corrected chi connectivity index (χ1v) is 10.4. The van der Waals surface area contributed by atoms with E-state index in [9.17, 15) is 4.79 Å². The summed E-state index contributed by atoms with van der Waals surface area (Å²) in [5.41, 5.74) is 5.82. The third kappa shape index (κ3) is 5.15. The van der Waals surface area contributed by atoms with Gasteiger partial charge in [-0.2, -0.15) is 0 Å². The fourth-order valence-corrected chi connectivity index (χ4v) is 3.33. The van der Waals surface area contributed by atoms with Crippen LogP contribution in [0.4, 0.5) is 0 Å². The minimum atomic E-state index is 0.0182. The van der Waals surface area contributed by atoms with Gasteiger partial charge in [-0.05, 0) is 74.9 Å². The van der Waals surface area contributed by atoms with Crippen molar-refractivity contribution < 1.29 is 14.3 Å². The average molecular weight is 383 g/mol. The Morgan fingerprint density at radius 3 is 2.11 bits per heavy atom. The molecule has 0 bridgehead atoms. The van der Waals surface area contributed by atoms with Gasteiger partial charge in [-0.3, -0.25) is 4.79 Å². The number of carbonyl (C=O) groups excluding carboxylic acids is 1. The second-order valence-electron chi connectivity index (χ2n) is 7.53. The van der Waals surface area contributed by atoms with Gasteiger partial charge in [0.1, 0.15) is 11.5 Å². The van der Waals surface area contributed by atoms with Gasteiger partial charge in [0.2, 0.25) is 0 Å². The molecule has 0 aromatic heterocycles. The van der Waals surface area contributed by atoms with E-state index in [1.165, 1.54) is 11.1 Å². The molecule has 0 heterocycles. The maximum Gasteiger partial charge on any atom is 0.197 e. The number of unbranched alkanes of at least 4 members (excludes halogenated alkanes) is 2. The molecular formula is C25H34O3. The number of carbonyl (C=O) groups is 1. The normalized spacial score (nSPS) is 10.8. The van der Waals surface area contributed by atoms with Gasteiger partial charge in [0.15, 0.2) is 5.78 Å². The van der Waals surface area contributed by atoms with E-state index in [-0.39, 0.29) is 5.78 Å². The van der Waals surface area contributed by atoms with E-state index in [1.807, 2.05) is 32.0 Å². The van der Waals surface area contributed by atoms with Crippen LogP contribution >= 0.6 is 0 Å². The first-order valence-electron chi connectivity index (χ1n) is 10.4. The second-order valence-corrected chi connectivity index (χ2v) is 7.53. The Labute approximate surface area is 170 Å². The summed E-state index contributed by atoms with van der Waals surface area (Å²) >= 11 is 0. The molecule has 2 aromatic rings. The average Bonchev–Trinajstić information content (AvgIpc) is 2.67. The van der Waals surface area contributed by atoms with Crippen LogP contribution < -0.4 is 9.47 Å². The van der Waals surface area contributed by atoms with Gasteiger partial charge in [-0.1, -0.05) is 32.8 Å². The number of ketones is 1. The zero-order chi connectivity index (χ0) is 20.7. The van der Waals surface area contributed by atoms with Crippen LogP contribution in [0, 0.1) is 27.7 Å². The van der Waals surface area contributed by atoms with Gasteiger partial charge < -0.3 is 9.47 Å². The largest absolute Gasteiger partial charge is 0.493 e. The molecule has 0 fully saturated rings. The molecular weight excluding hydrogens is 348 g/mol. The van der Waals surface area contributed by atoms with Crippen molar-refractivity contribution in [3.05, 3.63) is 57.6 Å². The van der Waals surface area contributed by atoms with Crippen LogP contribution in [-0.4, -0.2) is 19.0 Å². The lowest BCUT2D eigenvalue weighted by molar-refractivity contribution is 0.103. The van der Waals surface area contributed by atoms with E-state index in [0.29, 0.717) is 24.5 Å². The zero-order valence-corrected chi connectivity index (χ0v) is 18.3. The lowest BCUT2D eigenvalue weighted by Gasteiger charge is -2.17.